The Morgan fingerprint density at radius 1 is 1.09 bits per heavy atom. The van der Waals surface area contributed by atoms with Gasteiger partial charge in [-0.1, -0.05) is 42.5 Å². The van der Waals surface area contributed by atoms with Gasteiger partial charge in [-0.15, -0.1) is 0 Å². The van der Waals surface area contributed by atoms with E-state index in [0.717, 1.165) is 11.1 Å². The van der Waals surface area contributed by atoms with Crippen LogP contribution in [0.15, 0.2) is 48.5 Å². The highest BCUT2D eigenvalue weighted by atomic mass is 19.1. The van der Waals surface area contributed by atoms with Crippen LogP contribution in [0.1, 0.15) is 43.9 Å². The van der Waals surface area contributed by atoms with Crippen molar-refractivity contribution in [1.82, 2.24) is 10.2 Å². The second-order valence-corrected chi connectivity index (χ2v) is 9.38. The lowest BCUT2D eigenvalue weighted by Gasteiger charge is -2.36. The fourth-order valence-corrected chi connectivity index (χ4v) is 4.04. The maximum absolute atomic E-state index is 14.3. The molecule has 182 valence electrons. The average molecular weight is 471 g/mol. The van der Waals surface area contributed by atoms with E-state index < -0.39 is 35.6 Å². The Morgan fingerprint density at radius 3 is 2.38 bits per heavy atom. The predicted molar refractivity (Wildman–Crippen MR) is 124 cm³/mol. The van der Waals surface area contributed by atoms with Crippen LogP contribution in [0.2, 0.25) is 0 Å². The summed E-state index contributed by atoms with van der Waals surface area (Å²) in [5, 5.41) is 2.70. The quantitative estimate of drug-likeness (QED) is 0.650. The fraction of sp³-hybridized carbons (Fsp3) is 0.423. The topological polar surface area (TPSA) is 84.9 Å². The van der Waals surface area contributed by atoms with Crippen molar-refractivity contribution >= 4 is 18.0 Å². The van der Waals surface area contributed by atoms with Gasteiger partial charge in [0.1, 0.15) is 17.5 Å². The van der Waals surface area contributed by atoms with Gasteiger partial charge in [0.25, 0.3) is 0 Å². The number of alkyl carbamates (subject to hydrolysis) is 1. The van der Waals surface area contributed by atoms with Crippen LogP contribution in [0.5, 0.6) is 0 Å². The Hall–Kier alpha value is -3.42. The number of hydrogen-bond acceptors (Lipinski definition) is 5. The molecule has 7 nitrogen and oxygen atoms in total. The van der Waals surface area contributed by atoms with E-state index in [9.17, 15) is 18.8 Å². The standard InChI is InChI=1S/C26H31FN2O5/c1-26(2,3)34-25(32)28-20(13-18-10-7-8-12-21(18)27)15-23(30)29-16-19-11-6-5-9-17(19)14-22(29)24(31)33-4/h5-12,20,22H,13-16H2,1-4H3,(H,28,32)/t20-,22+/m1/s1. The summed E-state index contributed by atoms with van der Waals surface area (Å²) in [7, 11) is 1.29. The highest BCUT2D eigenvalue weighted by Gasteiger charge is 2.36. The van der Waals surface area contributed by atoms with Gasteiger partial charge in [0, 0.05) is 25.4 Å². The predicted octanol–water partition coefficient (Wildman–Crippen LogP) is 3.78. The molecule has 0 fully saturated rings. The number of nitrogens with zero attached hydrogens (tertiary/aromatic N) is 1. The zero-order chi connectivity index (χ0) is 24.9. The van der Waals surface area contributed by atoms with Gasteiger partial charge in [-0.05, 0) is 49.9 Å². The second kappa shape index (κ2) is 10.7. The summed E-state index contributed by atoms with van der Waals surface area (Å²) < 4.78 is 24.6. The Balaban J connectivity index is 1.83. The molecule has 0 spiro atoms. The van der Waals surface area contributed by atoms with Crippen LogP contribution in [-0.2, 0) is 38.4 Å². The molecule has 34 heavy (non-hydrogen) atoms. The maximum Gasteiger partial charge on any atom is 0.407 e. The number of benzene rings is 2. The number of hydrogen-bond donors (Lipinski definition) is 1. The van der Waals surface area contributed by atoms with Gasteiger partial charge >= 0.3 is 12.1 Å². The van der Waals surface area contributed by atoms with E-state index in [-0.39, 0.29) is 25.3 Å². The summed E-state index contributed by atoms with van der Waals surface area (Å²) >= 11 is 0. The van der Waals surface area contributed by atoms with Gasteiger partial charge in [0.15, 0.2) is 0 Å². The summed E-state index contributed by atoms with van der Waals surface area (Å²) in [4.78, 5) is 39.8. The van der Waals surface area contributed by atoms with Crippen LogP contribution in [0, 0.1) is 5.82 Å². The molecule has 3 rings (SSSR count). The summed E-state index contributed by atoms with van der Waals surface area (Å²) in [6, 6.07) is 12.3. The molecule has 0 aromatic heterocycles. The first-order valence-corrected chi connectivity index (χ1v) is 11.2. The second-order valence-electron chi connectivity index (χ2n) is 9.38. The molecule has 0 saturated heterocycles. The van der Waals surface area contributed by atoms with Crippen molar-refractivity contribution in [3.05, 3.63) is 71.0 Å². The zero-order valence-electron chi connectivity index (χ0n) is 20.0. The number of esters is 1. The van der Waals surface area contributed by atoms with Crippen LogP contribution in [0.4, 0.5) is 9.18 Å². The van der Waals surface area contributed by atoms with Crippen LogP contribution in [-0.4, -0.2) is 47.7 Å². The molecular weight excluding hydrogens is 439 g/mol. The van der Waals surface area contributed by atoms with Crippen LogP contribution < -0.4 is 5.32 Å². The van der Waals surface area contributed by atoms with Gasteiger partial charge in [0.05, 0.1) is 7.11 Å². The third kappa shape index (κ3) is 6.56. The van der Waals surface area contributed by atoms with E-state index in [2.05, 4.69) is 5.32 Å². The Kier molecular flexibility index (Phi) is 7.91. The molecule has 0 radical (unpaired) electrons. The van der Waals surface area contributed by atoms with E-state index in [1.807, 2.05) is 24.3 Å². The largest absolute Gasteiger partial charge is 0.467 e. The third-order valence-corrected chi connectivity index (χ3v) is 5.61. The molecule has 1 aliphatic heterocycles. The Bertz CT molecular complexity index is 1050. The molecule has 1 N–H and O–H groups in total. The van der Waals surface area contributed by atoms with Gasteiger partial charge in [-0.3, -0.25) is 4.79 Å². The number of nitrogens with one attached hydrogen (secondary N) is 1. The summed E-state index contributed by atoms with van der Waals surface area (Å²) in [5.74, 6) is -1.28. The normalized spacial score (nSPS) is 16.3. The van der Waals surface area contributed by atoms with Gasteiger partial charge in [0.2, 0.25) is 5.91 Å². The molecule has 0 bridgehead atoms. The van der Waals surface area contributed by atoms with E-state index in [0.29, 0.717) is 12.0 Å². The lowest BCUT2D eigenvalue weighted by Crippen LogP contribution is -2.51. The molecule has 0 saturated carbocycles. The number of carbonyl (C=O) groups excluding carboxylic acids is 3. The van der Waals surface area contributed by atoms with E-state index >= 15 is 0 Å². The molecule has 2 aromatic carbocycles. The third-order valence-electron chi connectivity index (χ3n) is 5.61. The molecule has 1 heterocycles. The van der Waals surface area contributed by atoms with Crippen molar-refractivity contribution in [1.29, 1.82) is 0 Å². The minimum Gasteiger partial charge on any atom is -0.467 e. The number of fused-ring (bicyclic) bond motifs is 1. The molecular formula is C26H31FN2O5. The SMILES string of the molecule is COC(=O)[C@@H]1Cc2ccccc2CN1C(=O)C[C@@H](Cc1ccccc1F)NC(=O)OC(C)(C)C. The van der Waals surface area contributed by atoms with Crippen molar-refractivity contribution in [3.63, 3.8) is 0 Å². The summed E-state index contributed by atoms with van der Waals surface area (Å²) in [6.45, 7) is 5.44. The number of halogens is 1. The first-order valence-electron chi connectivity index (χ1n) is 11.2. The average Bonchev–Trinajstić information content (AvgIpc) is 2.77. The number of ether oxygens (including phenoxy) is 2. The van der Waals surface area contributed by atoms with Crippen molar-refractivity contribution in [2.24, 2.45) is 0 Å². The summed E-state index contributed by atoms with van der Waals surface area (Å²) in [5.41, 5.74) is 1.56. The number of rotatable bonds is 6. The van der Waals surface area contributed by atoms with E-state index in [1.165, 1.54) is 18.1 Å². The molecule has 1 aliphatic rings. The zero-order valence-corrected chi connectivity index (χ0v) is 20.0. The number of methoxy groups -OCH3 is 1. The fourth-order valence-electron chi connectivity index (χ4n) is 4.04. The van der Waals surface area contributed by atoms with Crippen molar-refractivity contribution in [2.75, 3.05) is 7.11 Å². The van der Waals surface area contributed by atoms with Gasteiger partial charge in [-0.25, -0.2) is 14.0 Å². The van der Waals surface area contributed by atoms with E-state index in [4.69, 9.17) is 9.47 Å². The first kappa shape index (κ1) is 25.2. The van der Waals surface area contributed by atoms with Crippen molar-refractivity contribution < 1.29 is 28.2 Å². The summed E-state index contributed by atoms with van der Waals surface area (Å²) in [6.07, 6.45) is -0.407. The van der Waals surface area contributed by atoms with Crippen molar-refractivity contribution in [2.45, 2.75) is 64.3 Å². The molecule has 0 aliphatic carbocycles. The lowest BCUT2D eigenvalue weighted by molar-refractivity contribution is -0.154. The minimum atomic E-state index is -0.775. The van der Waals surface area contributed by atoms with Crippen molar-refractivity contribution in [3.8, 4) is 0 Å². The van der Waals surface area contributed by atoms with Gasteiger partial charge < -0.3 is 19.7 Å². The van der Waals surface area contributed by atoms with Crippen LogP contribution in [0.25, 0.3) is 0 Å². The smallest absolute Gasteiger partial charge is 0.407 e. The molecule has 2 atom stereocenters. The Morgan fingerprint density at radius 2 is 1.74 bits per heavy atom. The first-order chi connectivity index (χ1) is 16.1. The molecule has 0 unspecified atom stereocenters. The Labute approximate surface area is 199 Å². The highest BCUT2D eigenvalue weighted by molar-refractivity contribution is 5.86. The molecule has 2 amide bonds. The number of carbonyl (C=O) groups is 3. The molecule has 8 heteroatoms. The number of amides is 2. The molecule has 2 aromatic rings. The van der Waals surface area contributed by atoms with Crippen LogP contribution >= 0.6 is 0 Å². The van der Waals surface area contributed by atoms with E-state index in [1.54, 1.807) is 39.0 Å². The van der Waals surface area contributed by atoms with Crippen LogP contribution in [0.3, 0.4) is 0 Å². The lowest BCUT2D eigenvalue weighted by atomic mass is 9.93. The van der Waals surface area contributed by atoms with Gasteiger partial charge in [-0.2, -0.15) is 0 Å². The maximum atomic E-state index is 14.3. The monoisotopic (exact) mass is 470 g/mol. The highest BCUT2D eigenvalue weighted by Crippen LogP contribution is 2.25. The minimum absolute atomic E-state index is 0.0883.